The fourth-order valence-corrected chi connectivity index (χ4v) is 2.97. The highest BCUT2D eigenvalue weighted by atomic mass is 15.1. The van der Waals surface area contributed by atoms with E-state index in [1.165, 1.54) is 11.4 Å². The summed E-state index contributed by atoms with van der Waals surface area (Å²) in [6.45, 7) is 6.62. The zero-order valence-corrected chi connectivity index (χ0v) is 15.6. The SMILES string of the molecule is CCCc1nc(CCCN(C)CCCc2c[nH]c(CCC)n2)c[nH]1. The summed E-state index contributed by atoms with van der Waals surface area (Å²) in [6.07, 6.45) is 13.0. The average molecular weight is 332 g/mol. The fourth-order valence-electron chi connectivity index (χ4n) is 2.97. The summed E-state index contributed by atoms with van der Waals surface area (Å²) in [6, 6.07) is 0. The molecule has 134 valence electrons. The molecule has 2 rings (SSSR count). The lowest BCUT2D eigenvalue weighted by Gasteiger charge is -2.15. The van der Waals surface area contributed by atoms with E-state index >= 15 is 0 Å². The Morgan fingerprint density at radius 1 is 0.792 bits per heavy atom. The van der Waals surface area contributed by atoms with Crippen molar-refractivity contribution in [3.05, 3.63) is 35.4 Å². The van der Waals surface area contributed by atoms with E-state index in [-0.39, 0.29) is 0 Å². The second-order valence-electron chi connectivity index (χ2n) is 6.69. The van der Waals surface area contributed by atoms with Gasteiger partial charge in [0.15, 0.2) is 0 Å². The Hall–Kier alpha value is -1.62. The fraction of sp³-hybridized carbons (Fsp3) is 0.684. The number of aryl methyl sites for hydroxylation is 4. The maximum Gasteiger partial charge on any atom is 0.106 e. The molecule has 2 heterocycles. The smallest absolute Gasteiger partial charge is 0.106 e. The number of nitrogens with zero attached hydrogens (tertiary/aromatic N) is 3. The van der Waals surface area contributed by atoms with Crippen LogP contribution >= 0.6 is 0 Å². The minimum Gasteiger partial charge on any atom is -0.348 e. The molecule has 0 bridgehead atoms. The minimum absolute atomic E-state index is 1.05. The van der Waals surface area contributed by atoms with E-state index < -0.39 is 0 Å². The van der Waals surface area contributed by atoms with Crippen LogP contribution in [-0.4, -0.2) is 45.0 Å². The number of hydrogen-bond donors (Lipinski definition) is 2. The van der Waals surface area contributed by atoms with Gasteiger partial charge in [0.1, 0.15) is 11.6 Å². The van der Waals surface area contributed by atoms with Gasteiger partial charge >= 0.3 is 0 Å². The quantitative estimate of drug-likeness (QED) is 0.625. The monoisotopic (exact) mass is 331 g/mol. The van der Waals surface area contributed by atoms with Crippen molar-refractivity contribution in [1.29, 1.82) is 0 Å². The van der Waals surface area contributed by atoms with Gasteiger partial charge in [0.05, 0.1) is 11.4 Å². The Morgan fingerprint density at radius 3 is 1.67 bits per heavy atom. The van der Waals surface area contributed by atoms with Gasteiger partial charge in [0.25, 0.3) is 0 Å². The van der Waals surface area contributed by atoms with Crippen LogP contribution < -0.4 is 0 Å². The third-order valence-corrected chi connectivity index (χ3v) is 4.29. The van der Waals surface area contributed by atoms with E-state index in [4.69, 9.17) is 0 Å². The molecule has 5 nitrogen and oxygen atoms in total. The van der Waals surface area contributed by atoms with Crippen LogP contribution in [0.3, 0.4) is 0 Å². The molecule has 2 aromatic heterocycles. The van der Waals surface area contributed by atoms with Crippen LogP contribution in [0.1, 0.15) is 62.6 Å². The van der Waals surface area contributed by atoms with Gasteiger partial charge in [0, 0.05) is 25.2 Å². The van der Waals surface area contributed by atoms with Crippen LogP contribution in [0.2, 0.25) is 0 Å². The average Bonchev–Trinajstić information content (AvgIpc) is 3.18. The van der Waals surface area contributed by atoms with Gasteiger partial charge in [0.2, 0.25) is 0 Å². The Morgan fingerprint density at radius 2 is 1.25 bits per heavy atom. The molecule has 0 amide bonds. The van der Waals surface area contributed by atoms with Crippen LogP contribution in [0.25, 0.3) is 0 Å². The molecule has 0 spiro atoms. The van der Waals surface area contributed by atoms with E-state index in [1.807, 2.05) is 0 Å². The molecule has 2 aromatic rings. The van der Waals surface area contributed by atoms with Gasteiger partial charge < -0.3 is 14.9 Å². The molecule has 0 saturated heterocycles. The van der Waals surface area contributed by atoms with Crippen LogP contribution in [0.5, 0.6) is 0 Å². The van der Waals surface area contributed by atoms with Gasteiger partial charge in [-0.25, -0.2) is 9.97 Å². The molecular formula is C19H33N5. The predicted molar refractivity (Wildman–Crippen MR) is 99.3 cm³/mol. The summed E-state index contributed by atoms with van der Waals surface area (Å²) in [5.41, 5.74) is 2.40. The summed E-state index contributed by atoms with van der Waals surface area (Å²) in [5.74, 6) is 2.25. The van der Waals surface area contributed by atoms with Crippen molar-refractivity contribution in [3.63, 3.8) is 0 Å². The third-order valence-electron chi connectivity index (χ3n) is 4.29. The Kier molecular flexibility index (Phi) is 8.02. The number of imidazole rings is 2. The first-order valence-electron chi connectivity index (χ1n) is 9.46. The van der Waals surface area contributed by atoms with Crippen molar-refractivity contribution in [2.45, 2.75) is 65.2 Å². The van der Waals surface area contributed by atoms with Crippen molar-refractivity contribution < 1.29 is 0 Å². The molecule has 0 unspecified atom stereocenters. The summed E-state index contributed by atoms with van der Waals surface area (Å²) in [5, 5.41) is 0. The highest BCUT2D eigenvalue weighted by molar-refractivity contribution is 5.02. The molecule has 0 aliphatic rings. The first kappa shape index (κ1) is 18.7. The normalized spacial score (nSPS) is 11.5. The summed E-state index contributed by atoms with van der Waals surface area (Å²) < 4.78 is 0. The lowest BCUT2D eigenvalue weighted by molar-refractivity contribution is 0.324. The largest absolute Gasteiger partial charge is 0.348 e. The first-order valence-corrected chi connectivity index (χ1v) is 9.46. The number of nitrogens with one attached hydrogen (secondary N) is 2. The third kappa shape index (κ3) is 6.48. The van der Waals surface area contributed by atoms with Crippen molar-refractivity contribution in [3.8, 4) is 0 Å². The zero-order valence-electron chi connectivity index (χ0n) is 15.6. The Labute approximate surface area is 146 Å². The van der Waals surface area contributed by atoms with E-state index in [0.717, 1.165) is 76.1 Å². The standard InChI is InChI=1S/C19H33N5/c1-4-8-18-20-14-16(22-18)10-6-12-24(3)13-7-11-17-15-21-19(23-17)9-5-2/h14-15H,4-13H2,1-3H3,(H,20,22)(H,21,23). The summed E-state index contributed by atoms with van der Waals surface area (Å²) in [7, 11) is 2.21. The van der Waals surface area contributed by atoms with Crippen molar-refractivity contribution in [2.24, 2.45) is 0 Å². The molecule has 0 fully saturated rings. The molecule has 5 heteroatoms. The van der Waals surface area contributed by atoms with Crippen LogP contribution in [0.15, 0.2) is 12.4 Å². The van der Waals surface area contributed by atoms with E-state index in [0.29, 0.717) is 0 Å². The number of rotatable bonds is 12. The molecule has 0 aliphatic carbocycles. The summed E-state index contributed by atoms with van der Waals surface area (Å²) in [4.78, 5) is 18.2. The number of hydrogen-bond acceptors (Lipinski definition) is 3. The Balaban J connectivity index is 1.58. The number of aromatic amines is 2. The van der Waals surface area contributed by atoms with E-state index in [1.54, 1.807) is 0 Å². The van der Waals surface area contributed by atoms with Crippen molar-refractivity contribution in [2.75, 3.05) is 20.1 Å². The molecule has 2 N–H and O–H groups in total. The predicted octanol–water partition coefficient (Wildman–Crippen LogP) is 3.54. The topological polar surface area (TPSA) is 60.6 Å². The van der Waals surface area contributed by atoms with E-state index in [2.05, 4.69) is 58.1 Å². The van der Waals surface area contributed by atoms with Crippen LogP contribution in [0, 0.1) is 0 Å². The first-order chi connectivity index (χ1) is 11.7. The molecular weight excluding hydrogens is 298 g/mol. The summed E-state index contributed by atoms with van der Waals surface area (Å²) >= 11 is 0. The van der Waals surface area contributed by atoms with Crippen LogP contribution in [0.4, 0.5) is 0 Å². The molecule has 0 atom stereocenters. The van der Waals surface area contributed by atoms with Crippen molar-refractivity contribution >= 4 is 0 Å². The second-order valence-corrected chi connectivity index (χ2v) is 6.69. The lowest BCUT2D eigenvalue weighted by atomic mass is 10.2. The maximum absolute atomic E-state index is 4.63. The lowest BCUT2D eigenvalue weighted by Crippen LogP contribution is -2.21. The van der Waals surface area contributed by atoms with Gasteiger partial charge in [-0.2, -0.15) is 0 Å². The van der Waals surface area contributed by atoms with E-state index in [9.17, 15) is 0 Å². The zero-order chi connectivity index (χ0) is 17.2. The number of aromatic nitrogens is 4. The maximum atomic E-state index is 4.63. The van der Waals surface area contributed by atoms with Gasteiger partial charge in [-0.1, -0.05) is 13.8 Å². The molecule has 0 aliphatic heterocycles. The Bertz CT molecular complexity index is 522. The second kappa shape index (κ2) is 10.3. The molecule has 0 saturated carbocycles. The van der Waals surface area contributed by atoms with Gasteiger partial charge in [-0.3, -0.25) is 0 Å². The number of H-pyrrole nitrogens is 2. The van der Waals surface area contributed by atoms with Crippen molar-refractivity contribution in [1.82, 2.24) is 24.8 Å². The van der Waals surface area contributed by atoms with Gasteiger partial charge in [-0.15, -0.1) is 0 Å². The molecule has 0 radical (unpaired) electrons. The highest BCUT2D eigenvalue weighted by Gasteiger charge is 2.04. The molecule has 0 aromatic carbocycles. The minimum atomic E-state index is 1.05. The van der Waals surface area contributed by atoms with Crippen LogP contribution in [-0.2, 0) is 25.7 Å². The highest BCUT2D eigenvalue weighted by Crippen LogP contribution is 2.06. The molecule has 24 heavy (non-hydrogen) atoms. The van der Waals surface area contributed by atoms with Gasteiger partial charge in [-0.05, 0) is 58.7 Å².